The minimum absolute atomic E-state index is 0.0166. The molecule has 2 heterocycles. The average molecular weight is 379 g/mol. The Hall–Kier alpha value is -2.99. The number of aromatic nitrogens is 1. The second-order valence-electron chi connectivity index (χ2n) is 7.60. The minimum Gasteiger partial charge on any atom is -0.335 e. The van der Waals surface area contributed by atoms with Gasteiger partial charge in [0.25, 0.3) is 11.5 Å². The van der Waals surface area contributed by atoms with E-state index in [9.17, 15) is 14.0 Å². The summed E-state index contributed by atoms with van der Waals surface area (Å²) in [5.74, 6) is -0.406. The lowest BCUT2D eigenvalue weighted by atomic mass is 10.0. The topological polar surface area (TPSA) is 56.4 Å². The zero-order valence-corrected chi connectivity index (χ0v) is 16.1. The fourth-order valence-corrected chi connectivity index (χ4v) is 3.58. The Kier molecular flexibility index (Phi) is 4.51. The van der Waals surface area contributed by atoms with E-state index < -0.39 is 5.82 Å². The van der Waals surface area contributed by atoms with Crippen LogP contribution in [0.15, 0.2) is 47.3 Å². The van der Waals surface area contributed by atoms with Crippen molar-refractivity contribution in [2.75, 3.05) is 27.2 Å². The molecule has 1 fully saturated rings. The molecule has 1 saturated heterocycles. The van der Waals surface area contributed by atoms with Crippen LogP contribution in [0.25, 0.3) is 22.0 Å². The Balaban J connectivity index is 1.61. The molecule has 4 rings (SSSR count). The van der Waals surface area contributed by atoms with Gasteiger partial charge in [-0.1, -0.05) is 12.1 Å². The van der Waals surface area contributed by atoms with E-state index in [0.29, 0.717) is 28.2 Å². The highest BCUT2D eigenvalue weighted by Crippen LogP contribution is 2.24. The van der Waals surface area contributed by atoms with E-state index in [1.807, 2.05) is 37.2 Å². The predicted molar refractivity (Wildman–Crippen MR) is 108 cm³/mol. The van der Waals surface area contributed by atoms with E-state index in [2.05, 4.69) is 9.88 Å². The van der Waals surface area contributed by atoms with Crippen LogP contribution in [-0.2, 0) is 0 Å². The highest BCUT2D eigenvalue weighted by molar-refractivity contribution is 5.95. The van der Waals surface area contributed by atoms with Crippen LogP contribution in [0.5, 0.6) is 0 Å². The van der Waals surface area contributed by atoms with Gasteiger partial charge in [-0.3, -0.25) is 9.59 Å². The standard InChI is InChI=1S/C22H22FN3O2/c1-13-8-16(23)9-19-18(13)10-20(24-21(19)27)14-4-6-15(7-5-14)22(28)26-11-17(12-26)25(2)3/h4-10,17H,11-12H2,1-3H3,(H,24,27). The van der Waals surface area contributed by atoms with Crippen LogP contribution in [0.3, 0.4) is 0 Å². The average Bonchev–Trinajstić information content (AvgIpc) is 2.61. The summed E-state index contributed by atoms with van der Waals surface area (Å²) in [6, 6.07) is 12.1. The van der Waals surface area contributed by atoms with Gasteiger partial charge >= 0.3 is 0 Å². The molecule has 0 spiro atoms. The molecule has 0 saturated carbocycles. The molecule has 1 aromatic heterocycles. The van der Waals surface area contributed by atoms with Gasteiger partial charge in [-0.2, -0.15) is 0 Å². The number of nitrogens with zero attached hydrogens (tertiary/aromatic N) is 2. The molecule has 5 nitrogen and oxygen atoms in total. The highest BCUT2D eigenvalue weighted by Gasteiger charge is 2.32. The minimum atomic E-state index is -0.423. The Bertz CT molecular complexity index is 1110. The van der Waals surface area contributed by atoms with Gasteiger partial charge in [0, 0.05) is 30.4 Å². The van der Waals surface area contributed by atoms with Crippen LogP contribution in [0.1, 0.15) is 15.9 Å². The number of hydrogen-bond donors (Lipinski definition) is 1. The fraction of sp³-hybridized carbons (Fsp3) is 0.273. The lowest BCUT2D eigenvalue weighted by Crippen LogP contribution is -2.59. The number of rotatable bonds is 3. The number of aromatic amines is 1. The van der Waals surface area contributed by atoms with Crippen molar-refractivity contribution in [1.82, 2.24) is 14.8 Å². The summed E-state index contributed by atoms with van der Waals surface area (Å²) in [7, 11) is 4.03. The molecule has 0 aliphatic carbocycles. The van der Waals surface area contributed by atoms with Gasteiger partial charge in [0.2, 0.25) is 0 Å². The number of fused-ring (bicyclic) bond motifs is 1. The van der Waals surface area contributed by atoms with Crippen molar-refractivity contribution < 1.29 is 9.18 Å². The van der Waals surface area contributed by atoms with Crippen molar-refractivity contribution in [1.29, 1.82) is 0 Å². The first-order chi connectivity index (χ1) is 13.3. The number of aryl methyl sites for hydroxylation is 1. The van der Waals surface area contributed by atoms with Gasteiger partial charge in [0.15, 0.2) is 0 Å². The number of likely N-dealkylation sites (tertiary alicyclic amines) is 1. The molecular formula is C22H22FN3O2. The zero-order chi connectivity index (χ0) is 20.0. The molecule has 144 valence electrons. The van der Waals surface area contributed by atoms with Crippen molar-refractivity contribution in [2.24, 2.45) is 0 Å². The second kappa shape index (κ2) is 6.87. The van der Waals surface area contributed by atoms with Gasteiger partial charge in [0.1, 0.15) is 5.82 Å². The van der Waals surface area contributed by atoms with E-state index in [-0.39, 0.29) is 11.5 Å². The first-order valence-corrected chi connectivity index (χ1v) is 9.23. The number of H-pyrrole nitrogens is 1. The van der Waals surface area contributed by atoms with Crippen molar-refractivity contribution in [3.63, 3.8) is 0 Å². The quantitative estimate of drug-likeness (QED) is 0.761. The summed E-state index contributed by atoms with van der Waals surface area (Å²) in [6.45, 7) is 3.26. The van der Waals surface area contributed by atoms with Crippen LogP contribution in [0.4, 0.5) is 4.39 Å². The van der Waals surface area contributed by atoms with E-state index >= 15 is 0 Å². The molecule has 0 bridgehead atoms. The molecule has 1 aliphatic rings. The Morgan fingerprint density at radius 2 is 1.79 bits per heavy atom. The van der Waals surface area contributed by atoms with E-state index in [0.717, 1.165) is 24.0 Å². The predicted octanol–water partition coefficient (Wildman–Crippen LogP) is 3.03. The third kappa shape index (κ3) is 3.20. The van der Waals surface area contributed by atoms with Gasteiger partial charge in [-0.15, -0.1) is 0 Å². The normalized spacial score (nSPS) is 14.5. The molecule has 0 unspecified atom stereocenters. The molecular weight excluding hydrogens is 357 g/mol. The van der Waals surface area contributed by atoms with Crippen molar-refractivity contribution in [3.05, 3.63) is 69.8 Å². The summed E-state index contributed by atoms with van der Waals surface area (Å²) in [4.78, 5) is 31.7. The van der Waals surface area contributed by atoms with Crippen molar-refractivity contribution in [2.45, 2.75) is 13.0 Å². The number of nitrogens with one attached hydrogen (secondary N) is 1. The van der Waals surface area contributed by atoms with E-state index in [1.165, 1.54) is 12.1 Å². The molecule has 6 heteroatoms. The maximum Gasteiger partial charge on any atom is 0.256 e. The molecule has 1 amide bonds. The smallest absolute Gasteiger partial charge is 0.256 e. The van der Waals surface area contributed by atoms with Crippen LogP contribution >= 0.6 is 0 Å². The van der Waals surface area contributed by atoms with E-state index in [1.54, 1.807) is 19.1 Å². The van der Waals surface area contributed by atoms with Crippen LogP contribution in [0.2, 0.25) is 0 Å². The lowest BCUT2D eigenvalue weighted by Gasteiger charge is -2.42. The molecule has 2 aromatic carbocycles. The van der Waals surface area contributed by atoms with E-state index in [4.69, 9.17) is 0 Å². The Labute approximate surface area is 162 Å². The van der Waals surface area contributed by atoms with Crippen molar-refractivity contribution >= 4 is 16.7 Å². The molecule has 1 N–H and O–H groups in total. The molecule has 0 radical (unpaired) electrons. The lowest BCUT2D eigenvalue weighted by molar-refractivity contribution is 0.0399. The molecule has 1 aliphatic heterocycles. The second-order valence-corrected chi connectivity index (χ2v) is 7.60. The molecule has 0 atom stereocenters. The maximum atomic E-state index is 13.6. The number of pyridine rings is 1. The first kappa shape index (κ1) is 18.4. The van der Waals surface area contributed by atoms with Gasteiger partial charge < -0.3 is 14.8 Å². The van der Waals surface area contributed by atoms with Crippen LogP contribution < -0.4 is 5.56 Å². The number of amides is 1. The summed E-state index contributed by atoms with van der Waals surface area (Å²) >= 11 is 0. The van der Waals surface area contributed by atoms with Crippen LogP contribution in [0, 0.1) is 12.7 Å². The Morgan fingerprint density at radius 1 is 1.11 bits per heavy atom. The third-order valence-corrected chi connectivity index (χ3v) is 5.46. The third-order valence-electron chi connectivity index (χ3n) is 5.46. The number of halogens is 1. The summed E-state index contributed by atoms with van der Waals surface area (Å²) in [6.07, 6.45) is 0. The summed E-state index contributed by atoms with van der Waals surface area (Å²) < 4.78 is 13.6. The van der Waals surface area contributed by atoms with Crippen LogP contribution in [-0.4, -0.2) is 53.9 Å². The monoisotopic (exact) mass is 379 g/mol. The van der Waals surface area contributed by atoms with Crippen molar-refractivity contribution in [3.8, 4) is 11.3 Å². The molecule has 3 aromatic rings. The zero-order valence-electron chi connectivity index (χ0n) is 16.1. The number of carbonyl (C=O) groups excluding carboxylic acids is 1. The summed E-state index contributed by atoms with van der Waals surface area (Å²) in [5.41, 5.74) is 2.45. The first-order valence-electron chi connectivity index (χ1n) is 9.23. The SMILES string of the molecule is Cc1cc(F)cc2c(=O)[nH]c(-c3ccc(C(=O)N4CC(N(C)C)C4)cc3)cc12. The molecule has 28 heavy (non-hydrogen) atoms. The summed E-state index contributed by atoms with van der Waals surface area (Å²) in [5, 5.41) is 1.05. The van der Waals surface area contributed by atoms with Gasteiger partial charge in [-0.05, 0) is 67.9 Å². The number of hydrogen-bond acceptors (Lipinski definition) is 3. The number of carbonyl (C=O) groups is 1. The number of likely N-dealkylation sites (N-methyl/N-ethyl adjacent to an activating group) is 1. The fourth-order valence-electron chi connectivity index (χ4n) is 3.58. The number of benzene rings is 2. The highest BCUT2D eigenvalue weighted by atomic mass is 19.1. The van der Waals surface area contributed by atoms with Gasteiger partial charge in [-0.25, -0.2) is 4.39 Å². The maximum absolute atomic E-state index is 13.6. The van der Waals surface area contributed by atoms with Gasteiger partial charge in [0.05, 0.1) is 5.39 Å². The Morgan fingerprint density at radius 3 is 2.43 bits per heavy atom. The largest absolute Gasteiger partial charge is 0.335 e.